The summed E-state index contributed by atoms with van der Waals surface area (Å²) < 4.78 is 11.9. The van der Waals surface area contributed by atoms with Crippen molar-refractivity contribution in [1.82, 2.24) is 10.3 Å². The van der Waals surface area contributed by atoms with Crippen LogP contribution in [0.15, 0.2) is 54.6 Å². The highest BCUT2D eigenvalue weighted by atomic mass is 16.5. The van der Waals surface area contributed by atoms with E-state index in [0.29, 0.717) is 26.2 Å². The quantitative estimate of drug-likeness (QED) is 0.466. The molecule has 3 heterocycles. The van der Waals surface area contributed by atoms with Gasteiger partial charge in [0.15, 0.2) is 0 Å². The van der Waals surface area contributed by atoms with Crippen LogP contribution in [0.1, 0.15) is 28.7 Å². The summed E-state index contributed by atoms with van der Waals surface area (Å²) in [5.74, 6) is 0.975. The molecule has 1 unspecified atom stereocenters. The standard InChI is InChI=1S/C31H35N3O4/c1-20-22(11-10-21-12-14-32-15-13-24(20)21)18-38-27-8-4-3-6-25(27)26-7-5-9-29(33-26)34-17-23-16-31(23,30(35)36)28(34)19-37-2/h3-11,23,28,32H,12-19H2,1-2H3,(H,35,36)/t23?,28-,31-/m1/s1. The van der Waals surface area contributed by atoms with Gasteiger partial charge in [0.05, 0.1) is 23.8 Å². The topological polar surface area (TPSA) is 83.9 Å². The first-order chi connectivity index (χ1) is 18.5. The Bertz CT molecular complexity index is 1360. The lowest BCUT2D eigenvalue weighted by atomic mass is 9.94. The number of rotatable bonds is 8. The number of anilines is 1. The van der Waals surface area contributed by atoms with E-state index in [2.05, 4.69) is 29.3 Å². The SMILES string of the molecule is COC[C@H]1N(c2cccc(-c3ccccc3OCc3ccc4c(c3C)CCNCC4)n2)CC2C[C@@]21C(=O)O. The zero-order valence-corrected chi connectivity index (χ0v) is 22.1. The number of hydrogen-bond acceptors (Lipinski definition) is 6. The maximum absolute atomic E-state index is 12.1. The van der Waals surface area contributed by atoms with E-state index >= 15 is 0 Å². The highest BCUT2D eigenvalue weighted by Crippen LogP contribution is 2.62. The van der Waals surface area contributed by atoms with Crippen LogP contribution in [-0.2, 0) is 29.0 Å². The molecule has 1 saturated heterocycles. The number of methoxy groups -OCH3 is 1. The van der Waals surface area contributed by atoms with E-state index in [1.165, 1.54) is 22.3 Å². The third-order valence-corrected chi connectivity index (χ3v) is 8.77. The fourth-order valence-electron chi connectivity index (χ4n) is 6.54. The van der Waals surface area contributed by atoms with Gasteiger partial charge in [0.1, 0.15) is 18.2 Å². The molecule has 7 nitrogen and oxygen atoms in total. The van der Waals surface area contributed by atoms with Crippen LogP contribution < -0.4 is 15.0 Å². The first-order valence-electron chi connectivity index (χ1n) is 13.5. The smallest absolute Gasteiger partial charge is 0.312 e. The number of ether oxygens (including phenoxy) is 2. The first kappa shape index (κ1) is 24.9. The monoisotopic (exact) mass is 513 g/mol. The molecular formula is C31H35N3O4. The van der Waals surface area contributed by atoms with Crippen molar-refractivity contribution in [3.8, 4) is 17.0 Å². The molecule has 7 heteroatoms. The van der Waals surface area contributed by atoms with E-state index in [4.69, 9.17) is 14.5 Å². The van der Waals surface area contributed by atoms with Gasteiger partial charge in [0.25, 0.3) is 0 Å². The number of carboxylic acid groups (broad SMARTS) is 1. The molecule has 2 aromatic carbocycles. The number of piperidine rings is 1. The van der Waals surface area contributed by atoms with Gasteiger partial charge in [0.2, 0.25) is 0 Å². The Morgan fingerprint density at radius 1 is 1.13 bits per heavy atom. The van der Waals surface area contributed by atoms with Crippen molar-refractivity contribution >= 4 is 11.8 Å². The normalized spacial score (nSPS) is 23.9. The molecule has 1 saturated carbocycles. The summed E-state index contributed by atoms with van der Waals surface area (Å²) in [5, 5.41) is 13.5. The largest absolute Gasteiger partial charge is 0.488 e. The summed E-state index contributed by atoms with van der Waals surface area (Å²) in [6, 6.07) is 18.2. The Hall–Kier alpha value is -3.42. The molecule has 3 aliphatic rings. The molecular weight excluding hydrogens is 478 g/mol. The molecule has 6 rings (SSSR count). The van der Waals surface area contributed by atoms with Gasteiger partial charge in [-0.25, -0.2) is 4.98 Å². The zero-order chi connectivity index (χ0) is 26.3. The van der Waals surface area contributed by atoms with Crippen LogP contribution >= 0.6 is 0 Å². The van der Waals surface area contributed by atoms with Crippen molar-refractivity contribution in [2.45, 2.75) is 38.8 Å². The lowest BCUT2D eigenvalue weighted by Gasteiger charge is -2.31. The Balaban J connectivity index is 1.25. The second-order valence-corrected chi connectivity index (χ2v) is 10.8. The average molecular weight is 514 g/mol. The molecule has 0 spiro atoms. The third-order valence-electron chi connectivity index (χ3n) is 8.77. The number of aliphatic carboxylic acids is 1. The molecule has 3 atom stereocenters. The van der Waals surface area contributed by atoms with E-state index < -0.39 is 11.4 Å². The zero-order valence-electron chi connectivity index (χ0n) is 22.1. The van der Waals surface area contributed by atoms with E-state index in [9.17, 15) is 9.90 Å². The van der Waals surface area contributed by atoms with Gasteiger partial charge < -0.3 is 24.8 Å². The number of carbonyl (C=O) groups is 1. The lowest BCUT2D eigenvalue weighted by Crippen LogP contribution is -2.43. The molecule has 0 radical (unpaired) electrons. The van der Waals surface area contributed by atoms with Crippen LogP contribution in [0.4, 0.5) is 5.82 Å². The molecule has 2 N–H and O–H groups in total. The number of hydrogen-bond donors (Lipinski definition) is 2. The number of para-hydroxylation sites is 1. The summed E-state index contributed by atoms with van der Waals surface area (Å²) in [7, 11) is 1.63. The van der Waals surface area contributed by atoms with Crippen molar-refractivity contribution in [1.29, 1.82) is 0 Å². The van der Waals surface area contributed by atoms with E-state index in [-0.39, 0.29) is 12.0 Å². The number of nitrogens with one attached hydrogen (secondary N) is 1. The Labute approximate surface area is 223 Å². The van der Waals surface area contributed by atoms with Gasteiger partial charge in [-0.05, 0) is 91.7 Å². The highest BCUT2D eigenvalue weighted by molar-refractivity contribution is 5.82. The van der Waals surface area contributed by atoms with E-state index in [0.717, 1.165) is 48.8 Å². The lowest BCUT2D eigenvalue weighted by molar-refractivity contribution is -0.144. The molecule has 38 heavy (non-hydrogen) atoms. The van der Waals surface area contributed by atoms with Gasteiger partial charge in [-0.1, -0.05) is 30.3 Å². The molecule has 2 fully saturated rings. The van der Waals surface area contributed by atoms with Gasteiger partial charge in [-0.2, -0.15) is 0 Å². The van der Waals surface area contributed by atoms with Crippen molar-refractivity contribution in [2.75, 3.05) is 38.3 Å². The summed E-state index contributed by atoms with van der Waals surface area (Å²) in [5.41, 5.74) is 6.43. The predicted octanol–water partition coefficient (Wildman–Crippen LogP) is 4.25. The summed E-state index contributed by atoms with van der Waals surface area (Å²) in [6.45, 7) is 5.80. The Morgan fingerprint density at radius 3 is 2.82 bits per heavy atom. The number of carboxylic acids is 1. The second-order valence-electron chi connectivity index (χ2n) is 10.8. The summed E-state index contributed by atoms with van der Waals surface area (Å²) in [4.78, 5) is 19.3. The van der Waals surface area contributed by atoms with E-state index in [1.54, 1.807) is 7.11 Å². The van der Waals surface area contributed by atoms with Crippen LogP contribution in [-0.4, -0.2) is 55.5 Å². The Morgan fingerprint density at radius 2 is 1.97 bits per heavy atom. The van der Waals surface area contributed by atoms with Crippen molar-refractivity contribution in [2.24, 2.45) is 11.3 Å². The molecule has 1 aromatic heterocycles. The van der Waals surface area contributed by atoms with Crippen LogP contribution in [0.25, 0.3) is 11.3 Å². The van der Waals surface area contributed by atoms with Crippen LogP contribution in [0.3, 0.4) is 0 Å². The van der Waals surface area contributed by atoms with Crippen molar-refractivity contribution in [3.63, 3.8) is 0 Å². The van der Waals surface area contributed by atoms with Gasteiger partial charge in [-0.3, -0.25) is 4.79 Å². The molecule has 3 aromatic rings. The summed E-state index contributed by atoms with van der Waals surface area (Å²) in [6.07, 6.45) is 2.83. The minimum Gasteiger partial charge on any atom is -0.488 e. The number of benzene rings is 2. The van der Waals surface area contributed by atoms with Crippen molar-refractivity contribution < 1.29 is 19.4 Å². The van der Waals surface area contributed by atoms with Crippen molar-refractivity contribution in [3.05, 3.63) is 76.9 Å². The molecule has 0 amide bonds. The highest BCUT2D eigenvalue weighted by Gasteiger charge is 2.71. The maximum Gasteiger partial charge on any atom is 0.312 e. The third kappa shape index (κ3) is 4.24. The molecule has 0 bridgehead atoms. The fourth-order valence-corrected chi connectivity index (χ4v) is 6.54. The van der Waals surface area contributed by atoms with E-state index in [1.807, 2.05) is 42.5 Å². The number of fused-ring (bicyclic) bond motifs is 2. The number of nitrogens with zero attached hydrogens (tertiary/aromatic N) is 2. The Kier molecular flexibility index (Phi) is 6.58. The fraction of sp³-hybridized carbons (Fsp3) is 0.419. The second kappa shape index (κ2) is 10.0. The van der Waals surface area contributed by atoms with Crippen LogP contribution in [0.5, 0.6) is 5.75 Å². The van der Waals surface area contributed by atoms with Crippen LogP contribution in [0, 0.1) is 18.3 Å². The first-order valence-corrected chi connectivity index (χ1v) is 13.5. The molecule has 2 aliphatic heterocycles. The van der Waals surface area contributed by atoms with Gasteiger partial charge >= 0.3 is 5.97 Å². The minimum absolute atomic E-state index is 0.140. The molecule has 1 aliphatic carbocycles. The van der Waals surface area contributed by atoms with Crippen LogP contribution in [0.2, 0.25) is 0 Å². The molecule has 198 valence electrons. The van der Waals surface area contributed by atoms with Gasteiger partial charge in [0, 0.05) is 19.2 Å². The maximum atomic E-state index is 12.1. The number of aromatic nitrogens is 1. The predicted molar refractivity (Wildman–Crippen MR) is 147 cm³/mol. The minimum atomic E-state index is -0.730. The average Bonchev–Trinajstić information content (AvgIpc) is 3.64. The van der Waals surface area contributed by atoms with Gasteiger partial charge in [-0.15, -0.1) is 0 Å². The summed E-state index contributed by atoms with van der Waals surface area (Å²) >= 11 is 0. The number of pyridine rings is 1.